The molecule has 0 spiro atoms. The normalized spacial score (nSPS) is 11.6. The quantitative estimate of drug-likeness (QED) is 0.698. The van der Waals surface area contributed by atoms with E-state index in [0.717, 1.165) is 17.7 Å². The van der Waals surface area contributed by atoms with Gasteiger partial charge in [-0.25, -0.2) is 0 Å². The molecule has 2 rings (SSSR count). The van der Waals surface area contributed by atoms with Crippen molar-refractivity contribution in [2.24, 2.45) is 0 Å². The van der Waals surface area contributed by atoms with E-state index in [-0.39, 0.29) is 4.64 Å². The highest BCUT2D eigenvalue weighted by atomic mass is 35.5. The van der Waals surface area contributed by atoms with Gasteiger partial charge in [0.1, 0.15) is 4.64 Å². The van der Waals surface area contributed by atoms with Gasteiger partial charge in [-0.15, -0.1) is 0 Å². The predicted molar refractivity (Wildman–Crippen MR) is 71.8 cm³/mol. The fourth-order valence-corrected chi connectivity index (χ4v) is 2.04. The SMILES string of the molecule is Cc1ccc(-c2cc(C(F)(F)F)cc(=S)[nH]2)cc1Cl. The molecule has 1 aromatic heterocycles. The first-order chi connectivity index (χ1) is 8.77. The smallest absolute Gasteiger partial charge is 0.346 e. The lowest BCUT2D eigenvalue weighted by Gasteiger charge is -2.10. The van der Waals surface area contributed by atoms with Gasteiger partial charge in [-0.3, -0.25) is 0 Å². The Morgan fingerprint density at radius 2 is 1.84 bits per heavy atom. The summed E-state index contributed by atoms with van der Waals surface area (Å²) in [5.74, 6) is 0. The molecule has 1 aromatic carbocycles. The van der Waals surface area contributed by atoms with Gasteiger partial charge in [0.05, 0.1) is 5.56 Å². The Hall–Kier alpha value is -1.33. The van der Waals surface area contributed by atoms with Crippen molar-refractivity contribution >= 4 is 23.8 Å². The summed E-state index contributed by atoms with van der Waals surface area (Å²) in [7, 11) is 0. The number of rotatable bonds is 1. The molecule has 1 N–H and O–H groups in total. The Kier molecular flexibility index (Phi) is 3.69. The zero-order valence-electron chi connectivity index (χ0n) is 9.81. The number of halogens is 4. The van der Waals surface area contributed by atoms with Crippen molar-refractivity contribution in [2.45, 2.75) is 13.1 Å². The van der Waals surface area contributed by atoms with E-state index in [1.165, 1.54) is 0 Å². The number of pyridine rings is 1. The van der Waals surface area contributed by atoms with Crippen LogP contribution < -0.4 is 0 Å². The van der Waals surface area contributed by atoms with E-state index in [9.17, 15) is 13.2 Å². The molecule has 1 heterocycles. The van der Waals surface area contributed by atoms with Crippen molar-refractivity contribution in [1.29, 1.82) is 0 Å². The van der Waals surface area contributed by atoms with Crippen LogP contribution in [0.15, 0.2) is 30.3 Å². The molecule has 1 nitrogen and oxygen atoms in total. The van der Waals surface area contributed by atoms with Crippen molar-refractivity contribution in [3.8, 4) is 11.3 Å². The highest BCUT2D eigenvalue weighted by Gasteiger charge is 2.31. The summed E-state index contributed by atoms with van der Waals surface area (Å²) in [6, 6.07) is 6.97. The molecule has 19 heavy (non-hydrogen) atoms. The van der Waals surface area contributed by atoms with Crippen LogP contribution in [0.2, 0.25) is 5.02 Å². The van der Waals surface area contributed by atoms with Gasteiger partial charge in [-0.1, -0.05) is 36.0 Å². The lowest BCUT2D eigenvalue weighted by Crippen LogP contribution is -2.05. The van der Waals surface area contributed by atoms with Gasteiger partial charge in [0.25, 0.3) is 0 Å². The lowest BCUT2D eigenvalue weighted by molar-refractivity contribution is -0.137. The number of aromatic amines is 1. The van der Waals surface area contributed by atoms with Gasteiger partial charge >= 0.3 is 6.18 Å². The average Bonchev–Trinajstić information content (AvgIpc) is 2.31. The van der Waals surface area contributed by atoms with Crippen LogP contribution in [0, 0.1) is 11.6 Å². The highest BCUT2D eigenvalue weighted by Crippen LogP contribution is 2.32. The summed E-state index contributed by atoms with van der Waals surface area (Å²) >= 11 is 10.8. The van der Waals surface area contributed by atoms with Gasteiger partial charge in [0.2, 0.25) is 0 Å². The second-order valence-electron chi connectivity index (χ2n) is 4.11. The third-order valence-electron chi connectivity index (χ3n) is 2.65. The van der Waals surface area contributed by atoms with Crippen molar-refractivity contribution in [3.63, 3.8) is 0 Å². The van der Waals surface area contributed by atoms with E-state index in [4.69, 9.17) is 23.8 Å². The summed E-state index contributed by atoms with van der Waals surface area (Å²) < 4.78 is 38.2. The Balaban J connectivity index is 2.59. The van der Waals surface area contributed by atoms with Gasteiger partial charge in [-0.2, -0.15) is 13.2 Å². The first-order valence-electron chi connectivity index (χ1n) is 5.35. The molecule has 0 amide bonds. The van der Waals surface area contributed by atoms with Crippen molar-refractivity contribution in [1.82, 2.24) is 4.98 Å². The molecule has 0 saturated carbocycles. The third kappa shape index (κ3) is 3.16. The summed E-state index contributed by atoms with van der Waals surface area (Å²) in [5, 5.41) is 0.495. The minimum atomic E-state index is -4.42. The Labute approximate surface area is 118 Å². The summed E-state index contributed by atoms with van der Waals surface area (Å²) in [5.41, 5.74) is 0.938. The van der Waals surface area contributed by atoms with E-state index < -0.39 is 11.7 Å². The van der Waals surface area contributed by atoms with Crippen LogP contribution in [0.25, 0.3) is 11.3 Å². The second kappa shape index (κ2) is 4.98. The fourth-order valence-electron chi connectivity index (χ4n) is 1.62. The number of H-pyrrole nitrogens is 1. The Bertz CT molecular complexity index is 676. The number of hydrogen-bond acceptors (Lipinski definition) is 1. The van der Waals surface area contributed by atoms with Crippen LogP contribution in [0.1, 0.15) is 11.1 Å². The molecule has 0 aliphatic heterocycles. The van der Waals surface area contributed by atoms with Crippen LogP contribution in [-0.4, -0.2) is 4.98 Å². The first-order valence-corrected chi connectivity index (χ1v) is 6.14. The van der Waals surface area contributed by atoms with Gasteiger partial charge in [-0.05, 0) is 36.2 Å². The fraction of sp³-hybridized carbons (Fsp3) is 0.154. The van der Waals surface area contributed by atoms with Gasteiger partial charge in [0, 0.05) is 10.7 Å². The van der Waals surface area contributed by atoms with Gasteiger partial charge in [0.15, 0.2) is 0 Å². The van der Waals surface area contributed by atoms with Crippen LogP contribution in [0.3, 0.4) is 0 Å². The van der Waals surface area contributed by atoms with Gasteiger partial charge < -0.3 is 4.98 Å². The molecular formula is C13H9ClF3NS. The Morgan fingerprint density at radius 3 is 2.42 bits per heavy atom. The second-order valence-corrected chi connectivity index (χ2v) is 4.96. The molecule has 0 unspecified atom stereocenters. The molecule has 0 aliphatic carbocycles. The molecule has 0 aliphatic rings. The van der Waals surface area contributed by atoms with E-state index >= 15 is 0 Å². The highest BCUT2D eigenvalue weighted by molar-refractivity contribution is 7.71. The molecule has 2 aromatic rings. The zero-order chi connectivity index (χ0) is 14.2. The van der Waals surface area contributed by atoms with E-state index in [1.54, 1.807) is 18.2 Å². The number of nitrogens with one attached hydrogen (secondary N) is 1. The molecule has 100 valence electrons. The van der Waals surface area contributed by atoms with Crippen LogP contribution >= 0.6 is 23.8 Å². The summed E-state index contributed by atoms with van der Waals surface area (Å²) in [6.45, 7) is 1.82. The summed E-state index contributed by atoms with van der Waals surface area (Å²) in [4.78, 5) is 2.74. The zero-order valence-corrected chi connectivity index (χ0v) is 11.4. The van der Waals surface area contributed by atoms with Crippen molar-refractivity contribution < 1.29 is 13.2 Å². The predicted octanol–water partition coefficient (Wildman–Crippen LogP) is 5.39. The number of alkyl halides is 3. The molecule has 0 fully saturated rings. The topological polar surface area (TPSA) is 15.8 Å². The maximum Gasteiger partial charge on any atom is 0.416 e. The van der Waals surface area contributed by atoms with E-state index in [2.05, 4.69) is 4.98 Å². The molecule has 0 saturated heterocycles. The minimum absolute atomic E-state index is 0.0292. The number of aromatic nitrogens is 1. The largest absolute Gasteiger partial charge is 0.416 e. The molecule has 0 radical (unpaired) electrons. The monoisotopic (exact) mass is 303 g/mol. The van der Waals surface area contributed by atoms with E-state index in [0.29, 0.717) is 16.3 Å². The number of aryl methyl sites for hydroxylation is 1. The standard InChI is InChI=1S/C13H9ClF3NS/c1-7-2-3-8(4-10(7)14)11-5-9(13(15,16)17)6-12(19)18-11/h2-6H,1H3,(H,18,19). The maximum absolute atomic E-state index is 12.7. The number of hydrogen-bond donors (Lipinski definition) is 1. The van der Waals surface area contributed by atoms with E-state index in [1.807, 2.05) is 6.92 Å². The first kappa shape index (κ1) is 14.1. The third-order valence-corrected chi connectivity index (χ3v) is 3.28. The molecular weight excluding hydrogens is 295 g/mol. The Morgan fingerprint density at radius 1 is 1.16 bits per heavy atom. The number of benzene rings is 1. The van der Waals surface area contributed by atoms with Crippen molar-refractivity contribution in [2.75, 3.05) is 0 Å². The van der Waals surface area contributed by atoms with Crippen LogP contribution in [0.5, 0.6) is 0 Å². The lowest BCUT2D eigenvalue weighted by atomic mass is 10.1. The average molecular weight is 304 g/mol. The minimum Gasteiger partial charge on any atom is -0.346 e. The molecule has 0 atom stereocenters. The molecule has 0 bridgehead atoms. The van der Waals surface area contributed by atoms with Crippen LogP contribution in [-0.2, 0) is 6.18 Å². The summed E-state index contributed by atoms with van der Waals surface area (Å²) in [6.07, 6.45) is -4.42. The maximum atomic E-state index is 12.7. The van der Waals surface area contributed by atoms with Crippen molar-refractivity contribution in [3.05, 3.63) is 51.1 Å². The van der Waals surface area contributed by atoms with Crippen LogP contribution in [0.4, 0.5) is 13.2 Å². The molecule has 6 heteroatoms.